The van der Waals surface area contributed by atoms with Crippen molar-refractivity contribution in [2.24, 2.45) is 5.73 Å². The molecule has 168 valence electrons. The molecule has 0 aliphatic rings. The zero-order valence-electron chi connectivity index (χ0n) is 17.8. The highest BCUT2D eigenvalue weighted by molar-refractivity contribution is 6.04. The van der Waals surface area contributed by atoms with Crippen LogP contribution in [-0.4, -0.2) is 31.5 Å². The molecule has 8 heteroatoms. The predicted octanol–water partition coefficient (Wildman–Crippen LogP) is 3.43. The number of carbonyl (C=O) groups excluding carboxylic acids is 3. The van der Waals surface area contributed by atoms with Crippen LogP contribution in [0.5, 0.6) is 17.2 Å². The first kappa shape index (κ1) is 23.1. The van der Waals surface area contributed by atoms with Crippen molar-refractivity contribution >= 4 is 29.5 Å². The SMILES string of the molecule is COc1cc(/C=C/C(=O)Oc2ccc(NC(=O)c3ccccc3)cc2)ccc1OCC(N)=O. The van der Waals surface area contributed by atoms with Gasteiger partial charge in [0.05, 0.1) is 7.11 Å². The minimum Gasteiger partial charge on any atom is -0.493 e. The Morgan fingerprint density at radius 2 is 1.67 bits per heavy atom. The van der Waals surface area contributed by atoms with Crippen molar-refractivity contribution in [1.82, 2.24) is 0 Å². The van der Waals surface area contributed by atoms with Gasteiger partial charge >= 0.3 is 5.97 Å². The van der Waals surface area contributed by atoms with E-state index in [-0.39, 0.29) is 12.5 Å². The van der Waals surface area contributed by atoms with E-state index in [9.17, 15) is 14.4 Å². The number of esters is 1. The summed E-state index contributed by atoms with van der Waals surface area (Å²) in [6.45, 7) is -0.271. The highest BCUT2D eigenvalue weighted by Gasteiger charge is 2.08. The number of anilines is 1. The van der Waals surface area contributed by atoms with Crippen molar-refractivity contribution in [3.63, 3.8) is 0 Å². The Labute approximate surface area is 190 Å². The van der Waals surface area contributed by atoms with Crippen molar-refractivity contribution < 1.29 is 28.6 Å². The largest absolute Gasteiger partial charge is 0.493 e. The first-order valence-electron chi connectivity index (χ1n) is 9.90. The third kappa shape index (κ3) is 6.96. The fraction of sp³-hybridized carbons (Fsp3) is 0.0800. The highest BCUT2D eigenvalue weighted by atomic mass is 16.5. The van der Waals surface area contributed by atoms with Gasteiger partial charge in [-0.25, -0.2) is 4.79 Å². The van der Waals surface area contributed by atoms with E-state index in [1.54, 1.807) is 72.8 Å². The number of rotatable bonds is 9. The zero-order chi connectivity index (χ0) is 23.6. The molecule has 0 saturated carbocycles. The molecule has 8 nitrogen and oxygen atoms in total. The Morgan fingerprint density at radius 3 is 2.33 bits per heavy atom. The smallest absolute Gasteiger partial charge is 0.336 e. The molecule has 0 bridgehead atoms. The van der Waals surface area contributed by atoms with Gasteiger partial charge in [0.1, 0.15) is 5.75 Å². The Bertz CT molecular complexity index is 1160. The van der Waals surface area contributed by atoms with E-state index in [4.69, 9.17) is 19.9 Å². The lowest BCUT2D eigenvalue weighted by Gasteiger charge is -2.10. The summed E-state index contributed by atoms with van der Waals surface area (Å²) >= 11 is 0. The third-order valence-electron chi connectivity index (χ3n) is 4.34. The van der Waals surface area contributed by atoms with E-state index in [1.807, 2.05) is 6.07 Å². The van der Waals surface area contributed by atoms with Crippen LogP contribution in [-0.2, 0) is 9.59 Å². The molecule has 0 spiro atoms. The van der Waals surface area contributed by atoms with Gasteiger partial charge in [0.2, 0.25) is 0 Å². The summed E-state index contributed by atoms with van der Waals surface area (Å²) in [6.07, 6.45) is 2.82. The van der Waals surface area contributed by atoms with Crippen molar-refractivity contribution in [3.8, 4) is 17.2 Å². The Balaban J connectivity index is 1.57. The molecule has 0 fully saturated rings. The fourth-order valence-corrected chi connectivity index (χ4v) is 2.77. The maximum atomic E-state index is 12.2. The molecule has 0 radical (unpaired) electrons. The van der Waals surface area contributed by atoms with Gasteiger partial charge < -0.3 is 25.3 Å². The molecular formula is C25H22N2O6. The average Bonchev–Trinajstić information content (AvgIpc) is 2.83. The van der Waals surface area contributed by atoms with Gasteiger partial charge in [-0.15, -0.1) is 0 Å². The van der Waals surface area contributed by atoms with Crippen molar-refractivity contribution in [1.29, 1.82) is 0 Å². The molecule has 0 unspecified atom stereocenters. The predicted molar refractivity (Wildman–Crippen MR) is 123 cm³/mol. The van der Waals surface area contributed by atoms with Crippen LogP contribution in [0.1, 0.15) is 15.9 Å². The van der Waals surface area contributed by atoms with E-state index in [1.165, 1.54) is 13.2 Å². The molecule has 3 aromatic rings. The second kappa shape index (κ2) is 11.1. The van der Waals surface area contributed by atoms with Crippen molar-refractivity contribution in [3.05, 3.63) is 90.0 Å². The number of carbonyl (C=O) groups is 3. The van der Waals surface area contributed by atoms with Gasteiger partial charge in [0.25, 0.3) is 11.8 Å². The molecule has 0 aromatic heterocycles. The molecule has 0 heterocycles. The van der Waals surface area contributed by atoms with Crippen LogP contribution in [0.4, 0.5) is 5.69 Å². The summed E-state index contributed by atoms with van der Waals surface area (Å²) in [7, 11) is 1.46. The molecular weight excluding hydrogens is 424 g/mol. The summed E-state index contributed by atoms with van der Waals surface area (Å²) in [5.41, 5.74) is 6.85. The number of hydrogen-bond acceptors (Lipinski definition) is 6. The van der Waals surface area contributed by atoms with Gasteiger partial charge in [-0.3, -0.25) is 9.59 Å². The first-order valence-corrected chi connectivity index (χ1v) is 9.90. The maximum Gasteiger partial charge on any atom is 0.336 e. The molecule has 2 amide bonds. The molecule has 3 rings (SSSR count). The van der Waals surface area contributed by atoms with E-state index in [0.717, 1.165) is 0 Å². The molecule has 0 aliphatic heterocycles. The lowest BCUT2D eigenvalue weighted by Crippen LogP contribution is -2.20. The number of nitrogens with two attached hydrogens (primary N) is 1. The average molecular weight is 446 g/mol. The topological polar surface area (TPSA) is 117 Å². The van der Waals surface area contributed by atoms with Crippen molar-refractivity contribution in [2.75, 3.05) is 19.0 Å². The van der Waals surface area contributed by atoms with Crippen molar-refractivity contribution in [2.45, 2.75) is 0 Å². The van der Waals surface area contributed by atoms with E-state index >= 15 is 0 Å². The van der Waals surface area contributed by atoms with Crippen LogP contribution in [0.3, 0.4) is 0 Å². The molecule has 0 saturated heterocycles. The lowest BCUT2D eigenvalue weighted by molar-refractivity contribution is -0.129. The van der Waals surface area contributed by atoms with Crippen LogP contribution >= 0.6 is 0 Å². The van der Waals surface area contributed by atoms with Gasteiger partial charge in [0.15, 0.2) is 18.1 Å². The molecule has 33 heavy (non-hydrogen) atoms. The highest BCUT2D eigenvalue weighted by Crippen LogP contribution is 2.28. The van der Waals surface area contributed by atoms with Crippen LogP contribution in [0.25, 0.3) is 6.08 Å². The van der Waals surface area contributed by atoms with Gasteiger partial charge in [-0.05, 0) is 60.2 Å². The lowest BCUT2D eigenvalue weighted by atomic mass is 10.2. The minimum atomic E-state index is -0.602. The summed E-state index contributed by atoms with van der Waals surface area (Å²) < 4.78 is 15.8. The number of hydrogen-bond donors (Lipinski definition) is 2. The number of amides is 2. The van der Waals surface area contributed by atoms with E-state index < -0.39 is 11.9 Å². The monoisotopic (exact) mass is 446 g/mol. The normalized spacial score (nSPS) is 10.5. The molecule has 3 N–H and O–H groups in total. The zero-order valence-corrected chi connectivity index (χ0v) is 17.8. The standard InChI is InChI=1S/C25H22N2O6/c1-31-22-15-17(7-13-21(22)32-16-23(26)28)8-14-24(29)33-20-11-9-19(10-12-20)27-25(30)18-5-3-2-4-6-18/h2-15H,16H2,1H3,(H2,26,28)(H,27,30)/b14-8+. The van der Waals surface area contributed by atoms with Crippen LogP contribution in [0.15, 0.2) is 78.9 Å². The summed E-state index contributed by atoms with van der Waals surface area (Å²) in [6, 6.07) is 20.2. The van der Waals surface area contributed by atoms with Crippen LogP contribution < -0.4 is 25.3 Å². The minimum absolute atomic E-state index is 0.232. The molecule has 0 aliphatic carbocycles. The number of primary amides is 1. The summed E-state index contributed by atoms with van der Waals surface area (Å²) in [4.78, 5) is 35.2. The second-order valence-electron chi connectivity index (χ2n) is 6.76. The maximum absolute atomic E-state index is 12.2. The summed E-state index contributed by atoms with van der Waals surface area (Å²) in [5.74, 6) is -0.338. The van der Waals surface area contributed by atoms with E-state index in [0.29, 0.717) is 34.1 Å². The Morgan fingerprint density at radius 1 is 0.939 bits per heavy atom. The number of benzene rings is 3. The van der Waals surface area contributed by atoms with Gasteiger partial charge in [-0.2, -0.15) is 0 Å². The van der Waals surface area contributed by atoms with Gasteiger partial charge in [-0.1, -0.05) is 24.3 Å². The molecule has 3 aromatic carbocycles. The van der Waals surface area contributed by atoms with E-state index in [2.05, 4.69) is 5.32 Å². The van der Waals surface area contributed by atoms with Crippen LogP contribution in [0, 0.1) is 0 Å². The van der Waals surface area contributed by atoms with Gasteiger partial charge in [0, 0.05) is 17.3 Å². The Hall–Kier alpha value is -4.59. The first-order chi connectivity index (χ1) is 15.9. The second-order valence-corrected chi connectivity index (χ2v) is 6.76. The number of ether oxygens (including phenoxy) is 3. The Kier molecular flexibility index (Phi) is 7.80. The molecule has 0 atom stereocenters. The van der Waals surface area contributed by atoms with Crippen LogP contribution in [0.2, 0.25) is 0 Å². The summed E-state index contributed by atoms with van der Waals surface area (Å²) in [5, 5.41) is 2.77. The fourth-order valence-electron chi connectivity index (χ4n) is 2.77. The number of nitrogens with one attached hydrogen (secondary N) is 1. The quantitative estimate of drug-likeness (QED) is 0.295. The number of methoxy groups -OCH3 is 1. The third-order valence-corrected chi connectivity index (χ3v) is 4.34.